The van der Waals surface area contributed by atoms with E-state index in [1.165, 1.54) is 50.5 Å². The molecule has 2 nitrogen and oxygen atoms in total. The highest BCUT2D eigenvalue weighted by Gasteiger charge is 2.10. The van der Waals surface area contributed by atoms with Crippen molar-refractivity contribution in [1.82, 2.24) is 5.32 Å². The maximum atomic E-state index is 5.68. The molecule has 100 valence electrons. The van der Waals surface area contributed by atoms with Crippen LogP contribution in [0.3, 0.4) is 0 Å². The van der Waals surface area contributed by atoms with Crippen LogP contribution in [0.2, 0.25) is 0 Å². The number of benzene rings is 1. The van der Waals surface area contributed by atoms with Crippen LogP contribution in [0.1, 0.15) is 50.5 Å². The highest BCUT2D eigenvalue weighted by atomic mass is 14.9. The molecule has 1 saturated carbocycles. The summed E-state index contributed by atoms with van der Waals surface area (Å²) in [5, 5.41) is 3.72. The molecule has 1 aromatic rings. The molecule has 1 aromatic carbocycles. The smallest absolute Gasteiger partial charge is 0.0314 e. The Kier molecular flexibility index (Phi) is 5.53. The van der Waals surface area contributed by atoms with Crippen molar-refractivity contribution in [1.29, 1.82) is 0 Å². The summed E-state index contributed by atoms with van der Waals surface area (Å²) < 4.78 is 0. The van der Waals surface area contributed by atoms with E-state index in [4.69, 9.17) is 5.73 Å². The van der Waals surface area contributed by atoms with Crippen LogP contribution < -0.4 is 11.1 Å². The summed E-state index contributed by atoms with van der Waals surface area (Å²) in [5.74, 6) is 0. The van der Waals surface area contributed by atoms with Gasteiger partial charge in [0.1, 0.15) is 0 Å². The molecule has 0 spiro atoms. The molecule has 18 heavy (non-hydrogen) atoms. The minimum Gasteiger partial charge on any atom is -0.399 e. The fourth-order valence-electron chi connectivity index (χ4n) is 2.77. The molecule has 0 aliphatic heterocycles. The van der Waals surface area contributed by atoms with Gasteiger partial charge in [0.25, 0.3) is 0 Å². The van der Waals surface area contributed by atoms with Crippen molar-refractivity contribution < 1.29 is 0 Å². The number of nitrogens with one attached hydrogen (secondary N) is 1. The van der Waals surface area contributed by atoms with Crippen LogP contribution in [0.4, 0.5) is 5.69 Å². The van der Waals surface area contributed by atoms with E-state index in [0.717, 1.165) is 24.7 Å². The predicted octanol–water partition coefficient (Wildman–Crippen LogP) is 3.51. The molecule has 1 fully saturated rings. The molecule has 1 aliphatic carbocycles. The maximum absolute atomic E-state index is 5.68. The van der Waals surface area contributed by atoms with Gasteiger partial charge < -0.3 is 11.1 Å². The Morgan fingerprint density at radius 3 is 2.33 bits per heavy atom. The summed E-state index contributed by atoms with van der Waals surface area (Å²) in [6.07, 6.45) is 10.8. The van der Waals surface area contributed by atoms with Gasteiger partial charge in [-0.15, -0.1) is 0 Å². The van der Waals surface area contributed by atoms with Gasteiger partial charge in [-0.25, -0.2) is 0 Å². The zero-order valence-corrected chi connectivity index (χ0v) is 11.3. The number of hydrogen-bond donors (Lipinski definition) is 2. The molecule has 0 saturated heterocycles. The van der Waals surface area contributed by atoms with Gasteiger partial charge >= 0.3 is 0 Å². The number of nitrogen functional groups attached to an aromatic ring is 1. The second kappa shape index (κ2) is 7.42. The molecule has 0 heterocycles. The molecule has 0 bridgehead atoms. The van der Waals surface area contributed by atoms with Crippen LogP contribution in [0.5, 0.6) is 0 Å². The van der Waals surface area contributed by atoms with Gasteiger partial charge in [-0.3, -0.25) is 0 Å². The first-order valence-electron chi connectivity index (χ1n) is 7.42. The van der Waals surface area contributed by atoms with Crippen LogP contribution in [0.15, 0.2) is 24.3 Å². The highest BCUT2D eigenvalue weighted by molar-refractivity contribution is 5.39. The largest absolute Gasteiger partial charge is 0.399 e. The van der Waals surface area contributed by atoms with Crippen molar-refractivity contribution in [2.45, 2.75) is 57.4 Å². The van der Waals surface area contributed by atoms with Gasteiger partial charge in [-0.2, -0.15) is 0 Å². The number of nitrogens with two attached hydrogens (primary N) is 1. The Labute approximate surface area is 111 Å². The Hall–Kier alpha value is -1.02. The fourth-order valence-corrected chi connectivity index (χ4v) is 2.77. The van der Waals surface area contributed by atoms with E-state index in [0.29, 0.717) is 0 Å². The number of hydrogen-bond acceptors (Lipinski definition) is 2. The number of anilines is 1. The summed E-state index contributed by atoms with van der Waals surface area (Å²) in [6, 6.07) is 9.04. The third-order valence-corrected chi connectivity index (χ3v) is 3.91. The first kappa shape index (κ1) is 13.4. The monoisotopic (exact) mass is 246 g/mol. The van der Waals surface area contributed by atoms with Crippen LogP contribution in [-0.4, -0.2) is 12.6 Å². The van der Waals surface area contributed by atoms with Crippen LogP contribution in [-0.2, 0) is 6.42 Å². The molecule has 2 heteroatoms. The summed E-state index contributed by atoms with van der Waals surface area (Å²) >= 11 is 0. The summed E-state index contributed by atoms with van der Waals surface area (Å²) in [5.41, 5.74) is 7.93. The van der Waals surface area contributed by atoms with Crippen molar-refractivity contribution in [3.8, 4) is 0 Å². The highest BCUT2D eigenvalue weighted by Crippen LogP contribution is 2.17. The average Bonchev–Trinajstić information content (AvgIpc) is 2.65. The molecule has 0 aromatic heterocycles. The van der Waals surface area contributed by atoms with E-state index in [9.17, 15) is 0 Å². The summed E-state index contributed by atoms with van der Waals surface area (Å²) in [4.78, 5) is 0. The third-order valence-electron chi connectivity index (χ3n) is 3.91. The van der Waals surface area contributed by atoms with Crippen molar-refractivity contribution >= 4 is 5.69 Å². The topological polar surface area (TPSA) is 38.0 Å². The SMILES string of the molecule is Nc1ccc(CCCNC2CCCCCC2)cc1. The second-order valence-electron chi connectivity index (χ2n) is 5.49. The lowest BCUT2D eigenvalue weighted by Crippen LogP contribution is -2.29. The molecule has 0 amide bonds. The standard InChI is InChI=1S/C16H26N2/c17-15-11-9-14(10-12-15)6-5-13-18-16-7-3-1-2-4-8-16/h9-12,16,18H,1-8,13,17H2. The van der Waals surface area contributed by atoms with Crippen molar-refractivity contribution in [3.05, 3.63) is 29.8 Å². The average molecular weight is 246 g/mol. The van der Waals surface area contributed by atoms with Crippen LogP contribution in [0.25, 0.3) is 0 Å². The van der Waals surface area contributed by atoms with Crippen molar-refractivity contribution in [2.24, 2.45) is 0 Å². The molecular formula is C16H26N2. The zero-order chi connectivity index (χ0) is 12.6. The van der Waals surface area contributed by atoms with E-state index in [2.05, 4.69) is 17.4 Å². The predicted molar refractivity (Wildman–Crippen MR) is 78.7 cm³/mol. The maximum Gasteiger partial charge on any atom is 0.0314 e. The summed E-state index contributed by atoms with van der Waals surface area (Å²) in [7, 11) is 0. The lowest BCUT2D eigenvalue weighted by molar-refractivity contribution is 0.456. The molecule has 3 N–H and O–H groups in total. The van der Waals surface area contributed by atoms with E-state index in [1.807, 2.05) is 12.1 Å². The van der Waals surface area contributed by atoms with E-state index in [-0.39, 0.29) is 0 Å². The van der Waals surface area contributed by atoms with Gasteiger partial charge in [-0.1, -0.05) is 37.8 Å². The Bertz CT molecular complexity index is 323. The lowest BCUT2D eigenvalue weighted by atomic mass is 10.1. The molecule has 0 radical (unpaired) electrons. The quantitative estimate of drug-likeness (QED) is 0.474. The fraction of sp³-hybridized carbons (Fsp3) is 0.625. The Balaban J connectivity index is 1.61. The lowest BCUT2D eigenvalue weighted by Gasteiger charge is -2.15. The van der Waals surface area contributed by atoms with Gasteiger partial charge in [0.15, 0.2) is 0 Å². The zero-order valence-electron chi connectivity index (χ0n) is 11.3. The van der Waals surface area contributed by atoms with Crippen LogP contribution >= 0.6 is 0 Å². The first-order chi connectivity index (χ1) is 8.84. The van der Waals surface area contributed by atoms with E-state index >= 15 is 0 Å². The minimum atomic E-state index is 0.777. The first-order valence-corrected chi connectivity index (χ1v) is 7.42. The summed E-state index contributed by atoms with van der Waals surface area (Å²) in [6.45, 7) is 1.15. The van der Waals surface area contributed by atoms with Crippen molar-refractivity contribution in [3.63, 3.8) is 0 Å². The van der Waals surface area contributed by atoms with Crippen LogP contribution in [0, 0.1) is 0 Å². The molecular weight excluding hydrogens is 220 g/mol. The minimum absolute atomic E-state index is 0.777. The number of rotatable bonds is 5. The Morgan fingerprint density at radius 1 is 1.00 bits per heavy atom. The normalized spacial score (nSPS) is 17.6. The molecule has 0 unspecified atom stereocenters. The van der Waals surface area contributed by atoms with Gasteiger partial charge in [0.05, 0.1) is 0 Å². The Morgan fingerprint density at radius 2 is 1.67 bits per heavy atom. The van der Waals surface area contributed by atoms with Gasteiger partial charge in [-0.05, 0) is 49.9 Å². The van der Waals surface area contributed by atoms with Gasteiger partial charge in [0, 0.05) is 11.7 Å². The molecule has 0 atom stereocenters. The van der Waals surface area contributed by atoms with E-state index in [1.54, 1.807) is 0 Å². The molecule has 1 aliphatic rings. The molecule has 2 rings (SSSR count). The second-order valence-corrected chi connectivity index (χ2v) is 5.49. The number of aryl methyl sites for hydroxylation is 1. The third kappa shape index (κ3) is 4.69. The van der Waals surface area contributed by atoms with Gasteiger partial charge in [0.2, 0.25) is 0 Å². The van der Waals surface area contributed by atoms with E-state index < -0.39 is 0 Å². The van der Waals surface area contributed by atoms with Crippen molar-refractivity contribution in [2.75, 3.05) is 12.3 Å².